The molecular formula is C22H16ClFN2OS. The highest BCUT2D eigenvalue weighted by atomic mass is 35.5. The van der Waals surface area contributed by atoms with Gasteiger partial charge in [0, 0.05) is 5.56 Å². The third-order valence-corrected chi connectivity index (χ3v) is 5.98. The van der Waals surface area contributed by atoms with Crippen LogP contribution in [0.5, 0.6) is 0 Å². The molecule has 0 spiro atoms. The zero-order valence-electron chi connectivity index (χ0n) is 15.0. The molecule has 0 saturated carbocycles. The Kier molecular flexibility index (Phi) is 5.11. The minimum absolute atomic E-state index is 0.239. The first-order valence-electron chi connectivity index (χ1n) is 8.70. The second-order valence-electron chi connectivity index (χ2n) is 6.42. The smallest absolute Gasteiger partial charge is 0.260 e. The summed E-state index contributed by atoms with van der Waals surface area (Å²) in [5.41, 5.74) is 3.16. The predicted molar refractivity (Wildman–Crippen MR) is 113 cm³/mol. The number of fused-ring (bicyclic) bond motifs is 1. The molecule has 1 aromatic heterocycles. The van der Waals surface area contributed by atoms with Gasteiger partial charge in [0.25, 0.3) is 5.91 Å². The van der Waals surface area contributed by atoms with E-state index in [0.29, 0.717) is 22.3 Å². The van der Waals surface area contributed by atoms with Crippen LogP contribution in [-0.2, 0) is 6.54 Å². The molecular weight excluding hydrogens is 395 g/mol. The van der Waals surface area contributed by atoms with Gasteiger partial charge in [0.2, 0.25) is 0 Å². The Balaban J connectivity index is 1.80. The average Bonchev–Trinajstić information content (AvgIpc) is 3.16. The molecule has 0 atom stereocenters. The lowest BCUT2D eigenvalue weighted by molar-refractivity contribution is 0.0985. The minimum Gasteiger partial charge on any atom is -0.279 e. The second-order valence-corrected chi connectivity index (χ2v) is 7.81. The topological polar surface area (TPSA) is 33.2 Å². The lowest BCUT2D eigenvalue weighted by Gasteiger charge is -2.20. The summed E-state index contributed by atoms with van der Waals surface area (Å²) in [6.07, 6.45) is 0. The third-order valence-electron chi connectivity index (χ3n) is 4.44. The molecule has 0 unspecified atom stereocenters. The van der Waals surface area contributed by atoms with Gasteiger partial charge in [-0.05, 0) is 48.4 Å². The van der Waals surface area contributed by atoms with E-state index in [9.17, 15) is 9.18 Å². The number of aryl methyl sites for hydroxylation is 1. The summed E-state index contributed by atoms with van der Waals surface area (Å²) >= 11 is 7.73. The van der Waals surface area contributed by atoms with Crippen LogP contribution in [0.15, 0.2) is 66.7 Å². The first kappa shape index (κ1) is 18.6. The molecule has 0 aliphatic heterocycles. The van der Waals surface area contributed by atoms with Crippen LogP contribution in [0.1, 0.15) is 21.5 Å². The van der Waals surface area contributed by atoms with Crippen molar-refractivity contribution < 1.29 is 9.18 Å². The Morgan fingerprint density at radius 1 is 1.07 bits per heavy atom. The number of carbonyl (C=O) groups excluding carboxylic acids is 1. The number of amides is 1. The van der Waals surface area contributed by atoms with Crippen LogP contribution < -0.4 is 4.90 Å². The number of thiazole rings is 1. The van der Waals surface area contributed by atoms with E-state index in [0.717, 1.165) is 21.3 Å². The number of nitrogens with zero attached hydrogens (tertiary/aromatic N) is 2. The zero-order valence-corrected chi connectivity index (χ0v) is 16.6. The van der Waals surface area contributed by atoms with Crippen molar-refractivity contribution in [1.82, 2.24) is 4.98 Å². The maximum absolute atomic E-state index is 13.3. The number of carbonyl (C=O) groups is 1. The van der Waals surface area contributed by atoms with E-state index in [1.165, 1.54) is 35.6 Å². The molecule has 1 heterocycles. The fourth-order valence-corrected chi connectivity index (χ4v) is 4.26. The maximum Gasteiger partial charge on any atom is 0.260 e. The fraction of sp³-hybridized carbons (Fsp3) is 0.0909. The third kappa shape index (κ3) is 3.63. The van der Waals surface area contributed by atoms with Gasteiger partial charge in [-0.1, -0.05) is 59.3 Å². The van der Waals surface area contributed by atoms with E-state index in [2.05, 4.69) is 0 Å². The summed E-state index contributed by atoms with van der Waals surface area (Å²) in [4.78, 5) is 19.6. The molecule has 0 radical (unpaired) electrons. The summed E-state index contributed by atoms with van der Waals surface area (Å²) < 4.78 is 14.1. The highest BCUT2D eigenvalue weighted by Crippen LogP contribution is 2.36. The number of rotatable bonds is 4. The maximum atomic E-state index is 13.3. The molecule has 0 aliphatic rings. The molecule has 0 N–H and O–H groups in total. The van der Waals surface area contributed by atoms with Crippen molar-refractivity contribution in [3.8, 4) is 0 Å². The second kappa shape index (κ2) is 7.70. The number of benzene rings is 3. The van der Waals surface area contributed by atoms with Crippen LogP contribution >= 0.6 is 22.9 Å². The summed E-state index contributed by atoms with van der Waals surface area (Å²) in [5, 5.41) is 1.17. The molecule has 3 aromatic carbocycles. The van der Waals surface area contributed by atoms with Crippen LogP contribution in [0.25, 0.3) is 10.2 Å². The van der Waals surface area contributed by atoms with Crippen molar-refractivity contribution in [3.05, 3.63) is 94.3 Å². The standard InChI is InChI=1S/C22H16ClFN2OS/c1-14-7-12-18(23)20-19(14)25-22(28-20)26(13-15-5-3-2-4-6-15)21(27)16-8-10-17(24)11-9-16/h2-12H,13H2,1H3. The monoisotopic (exact) mass is 410 g/mol. The van der Waals surface area contributed by atoms with Crippen molar-refractivity contribution in [2.45, 2.75) is 13.5 Å². The van der Waals surface area contributed by atoms with Gasteiger partial charge in [-0.15, -0.1) is 0 Å². The Bertz CT molecular complexity index is 1100. The number of hydrogen-bond donors (Lipinski definition) is 0. The van der Waals surface area contributed by atoms with Gasteiger partial charge in [-0.2, -0.15) is 0 Å². The molecule has 0 fully saturated rings. The predicted octanol–water partition coefficient (Wildman–Crippen LogP) is 6.24. The van der Waals surface area contributed by atoms with Gasteiger partial charge in [-0.25, -0.2) is 9.37 Å². The molecule has 4 rings (SSSR count). The van der Waals surface area contributed by atoms with Crippen molar-refractivity contribution >= 4 is 44.2 Å². The fourth-order valence-electron chi connectivity index (χ4n) is 2.95. The highest BCUT2D eigenvalue weighted by molar-refractivity contribution is 7.23. The molecule has 6 heteroatoms. The normalized spacial score (nSPS) is 11.0. The Morgan fingerprint density at radius 3 is 2.46 bits per heavy atom. The molecule has 28 heavy (non-hydrogen) atoms. The van der Waals surface area contributed by atoms with Crippen molar-refractivity contribution in [2.75, 3.05) is 4.90 Å². The Morgan fingerprint density at radius 2 is 1.79 bits per heavy atom. The SMILES string of the molecule is Cc1ccc(Cl)c2sc(N(Cc3ccccc3)C(=O)c3ccc(F)cc3)nc12. The molecule has 4 aromatic rings. The number of hydrogen-bond acceptors (Lipinski definition) is 3. The zero-order chi connectivity index (χ0) is 19.7. The van der Waals surface area contributed by atoms with Gasteiger partial charge < -0.3 is 0 Å². The molecule has 0 saturated heterocycles. The van der Waals surface area contributed by atoms with Crippen LogP contribution in [0.2, 0.25) is 5.02 Å². The van der Waals surface area contributed by atoms with Crippen molar-refractivity contribution in [2.24, 2.45) is 0 Å². The summed E-state index contributed by atoms with van der Waals surface area (Å²) in [6, 6.07) is 19.0. The molecule has 3 nitrogen and oxygen atoms in total. The van der Waals surface area contributed by atoms with E-state index in [1.54, 1.807) is 4.90 Å². The lowest BCUT2D eigenvalue weighted by atomic mass is 10.1. The molecule has 140 valence electrons. The first-order chi connectivity index (χ1) is 13.5. The van der Waals surface area contributed by atoms with E-state index >= 15 is 0 Å². The van der Waals surface area contributed by atoms with Gasteiger partial charge in [0.15, 0.2) is 5.13 Å². The lowest BCUT2D eigenvalue weighted by Crippen LogP contribution is -2.30. The quantitative estimate of drug-likeness (QED) is 0.398. The van der Waals surface area contributed by atoms with Crippen LogP contribution in [-0.4, -0.2) is 10.9 Å². The van der Waals surface area contributed by atoms with Crippen LogP contribution in [0.3, 0.4) is 0 Å². The van der Waals surface area contributed by atoms with Crippen molar-refractivity contribution in [1.29, 1.82) is 0 Å². The average molecular weight is 411 g/mol. The largest absolute Gasteiger partial charge is 0.279 e. The van der Waals surface area contributed by atoms with E-state index in [1.807, 2.05) is 49.4 Å². The Hall–Kier alpha value is -2.76. The summed E-state index contributed by atoms with van der Waals surface area (Å²) in [7, 11) is 0. The van der Waals surface area contributed by atoms with Gasteiger partial charge >= 0.3 is 0 Å². The van der Waals surface area contributed by atoms with E-state index in [4.69, 9.17) is 16.6 Å². The van der Waals surface area contributed by atoms with Gasteiger partial charge in [-0.3, -0.25) is 9.69 Å². The molecule has 0 aliphatic carbocycles. The van der Waals surface area contributed by atoms with E-state index in [-0.39, 0.29) is 11.7 Å². The van der Waals surface area contributed by atoms with Crippen molar-refractivity contribution in [3.63, 3.8) is 0 Å². The number of halogens is 2. The Labute approximate surface area is 171 Å². The first-order valence-corrected chi connectivity index (χ1v) is 9.89. The van der Waals surface area contributed by atoms with E-state index < -0.39 is 0 Å². The molecule has 1 amide bonds. The molecule has 0 bridgehead atoms. The highest BCUT2D eigenvalue weighted by Gasteiger charge is 2.23. The van der Waals surface area contributed by atoms with Crippen LogP contribution in [0.4, 0.5) is 9.52 Å². The van der Waals surface area contributed by atoms with Gasteiger partial charge in [0.1, 0.15) is 5.82 Å². The van der Waals surface area contributed by atoms with Crippen LogP contribution in [0, 0.1) is 12.7 Å². The summed E-state index contributed by atoms with van der Waals surface area (Å²) in [5.74, 6) is -0.620. The number of anilines is 1. The number of aromatic nitrogens is 1. The summed E-state index contributed by atoms with van der Waals surface area (Å²) in [6.45, 7) is 2.32. The van der Waals surface area contributed by atoms with Gasteiger partial charge in [0.05, 0.1) is 21.8 Å². The minimum atomic E-state index is -0.381.